The maximum Gasteiger partial charge on any atom is 0.410 e. The second-order valence-corrected chi connectivity index (χ2v) is 16.4. The van der Waals surface area contributed by atoms with Gasteiger partial charge in [-0.3, -0.25) is 9.80 Å². The molecule has 4 fully saturated rings. The average Bonchev–Trinajstić information content (AvgIpc) is 3.22. The molecule has 4 saturated heterocycles. The minimum Gasteiger partial charge on any atom is -0.445 e. The molecule has 0 atom stereocenters. The highest BCUT2D eigenvalue weighted by Crippen LogP contribution is 2.23. The van der Waals surface area contributed by atoms with E-state index in [-0.39, 0.29) is 18.3 Å². The summed E-state index contributed by atoms with van der Waals surface area (Å²) in [7, 11) is 0. The monoisotopic (exact) mass is 763 g/mol. The molecule has 0 unspecified atom stereocenters. The van der Waals surface area contributed by atoms with E-state index in [0.717, 1.165) is 102 Å². The molecule has 12 nitrogen and oxygen atoms in total. The molecule has 3 amide bonds. The summed E-state index contributed by atoms with van der Waals surface area (Å²) in [5.41, 5.74) is 1.60. The maximum atomic E-state index is 12.3. The van der Waals surface area contributed by atoms with E-state index in [4.69, 9.17) is 14.2 Å². The van der Waals surface area contributed by atoms with Gasteiger partial charge in [-0.1, -0.05) is 60.7 Å². The van der Waals surface area contributed by atoms with Gasteiger partial charge in [0.25, 0.3) is 0 Å². The van der Waals surface area contributed by atoms with Crippen molar-refractivity contribution in [2.24, 2.45) is 11.8 Å². The van der Waals surface area contributed by atoms with Crippen molar-refractivity contribution < 1.29 is 28.6 Å². The molecule has 4 aliphatic heterocycles. The number of ether oxygens (including phenoxy) is 3. The van der Waals surface area contributed by atoms with E-state index in [2.05, 4.69) is 15.1 Å². The summed E-state index contributed by atoms with van der Waals surface area (Å²) in [6, 6.07) is 19.6. The van der Waals surface area contributed by atoms with E-state index >= 15 is 0 Å². The molecule has 0 aliphatic carbocycles. The van der Waals surface area contributed by atoms with Crippen molar-refractivity contribution in [1.29, 1.82) is 0 Å². The van der Waals surface area contributed by atoms with Crippen LogP contribution in [0.15, 0.2) is 60.7 Å². The van der Waals surface area contributed by atoms with Gasteiger partial charge in [0, 0.05) is 65.4 Å². The van der Waals surface area contributed by atoms with Crippen LogP contribution in [0.3, 0.4) is 0 Å². The third-order valence-electron chi connectivity index (χ3n) is 11.1. The van der Waals surface area contributed by atoms with Crippen LogP contribution in [0.25, 0.3) is 0 Å². The highest BCUT2D eigenvalue weighted by molar-refractivity contribution is 5.68. The minimum absolute atomic E-state index is 0.183. The summed E-state index contributed by atoms with van der Waals surface area (Å²) in [5, 5.41) is 3.42. The molecule has 2 aromatic rings. The van der Waals surface area contributed by atoms with Gasteiger partial charge in [0.1, 0.15) is 18.8 Å². The number of rotatable bonds is 10. The van der Waals surface area contributed by atoms with Crippen molar-refractivity contribution in [1.82, 2.24) is 29.8 Å². The molecule has 2 aromatic carbocycles. The Morgan fingerprint density at radius 1 is 0.564 bits per heavy atom. The Hall–Kier alpha value is -3.87. The molecule has 304 valence electrons. The predicted molar refractivity (Wildman–Crippen MR) is 215 cm³/mol. The van der Waals surface area contributed by atoms with Crippen LogP contribution in [0.4, 0.5) is 14.4 Å². The smallest absolute Gasteiger partial charge is 0.410 e. The van der Waals surface area contributed by atoms with Crippen LogP contribution in [0.1, 0.15) is 70.4 Å². The third-order valence-corrected chi connectivity index (χ3v) is 11.1. The predicted octanol–water partition coefficient (Wildman–Crippen LogP) is 6.31. The molecule has 6 rings (SSSR count). The number of carbonyl (C=O) groups is 3. The van der Waals surface area contributed by atoms with Crippen LogP contribution < -0.4 is 5.32 Å². The van der Waals surface area contributed by atoms with E-state index < -0.39 is 5.60 Å². The van der Waals surface area contributed by atoms with Gasteiger partial charge in [-0.15, -0.1) is 0 Å². The molecule has 0 bridgehead atoms. The van der Waals surface area contributed by atoms with Crippen LogP contribution in [0.2, 0.25) is 0 Å². The van der Waals surface area contributed by atoms with Crippen LogP contribution in [-0.2, 0) is 27.4 Å². The highest BCUT2D eigenvalue weighted by Gasteiger charge is 2.28. The average molecular weight is 763 g/mol. The fraction of sp³-hybridized carbons (Fsp3) is 0.651. The van der Waals surface area contributed by atoms with Gasteiger partial charge in [-0.2, -0.15) is 0 Å². The van der Waals surface area contributed by atoms with Gasteiger partial charge in [-0.25, -0.2) is 14.4 Å². The standard InChI is InChI=1S/C24H37N3O4.C19H29N3O2/c1-24(2,3)31-23(29)26-13-10-20(11-14-26)9-12-25-15-17-27(18-16-25)22(28)30-19-21-7-5-4-6-8-21;23-19(24-16-18-4-2-1-3-5-18)22-14-12-21(13-15-22)11-8-17-6-9-20-10-7-17/h4-8,20H,9-19H2,1-3H3;1-5,17,20H,6-16H2. The molecule has 0 spiro atoms. The Kier molecular flexibility index (Phi) is 16.9. The zero-order valence-electron chi connectivity index (χ0n) is 33.7. The van der Waals surface area contributed by atoms with Crippen LogP contribution in [0, 0.1) is 11.8 Å². The molecule has 12 heteroatoms. The Bertz CT molecular complexity index is 1410. The molecular weight excluding hydrogens is 697 g/mol. The maximum absolute atomic E-state index is 12.3. The summed E-state index contributed by atoms with van der Waals surface area (Å²) in [5.74, 6) is 1.52. The normalized spacial score (nSPS) is 19.3. The van der Waals surface area contributed by atoms with Crippen molar-refractivity contribution in [3.05, 3.63) is 71.8 Å². The molecule has 0 saturated carbocycles. The van der Waals surface area contributed by atoms with Crippen molar-refractivity contribution in [2.45, 2.75) is 78.1 Å². The Morgan fingerprint density at radius 3 is 1.38 bits per heavy atom. The minimum atomic E-state index is -0.440. The second kappa shape index (κ2) is 22.0. The first-order valence-corrected chi connectivity index (χ1v) is 20.7. The number of hydrogen-bond donors (Lipinski definition) is 1. The Balaban J connectivity index is 0.000000218. The molecule has 4 aliphatic rings. The summed E-state index contributed by atoms with van der Waals surface area (Å²) >= 11 is 0. The number of piperidine rings is 2. The largest absolute Gasteiger partial charge is 0.445 e. The first-order valence-electron chi connectivity index (χ1n) is 20.7. The number of nitrogens with one attached hydrogen (secondary N) is 1. The third kappa shape index (κ3) is 15.3. The zero-order chi connectivity index (χ0) is 38.9. The lowest BCUT2D eigenvalue weighted by atomic mass is 9.93. The van der Waals surface area contributed by atoms with Gasteiger partial charge in [0.15, 0.2) is 0 Å². The molecule has 1 N–H and O–H groups in total. The molecule has 4 heterocycles. The quantitative estimate of drug-likeness (QED) is 0.279. The Morgan fingerprint density at radius 2 is 0.964 bits per heavy atom. The summed E-state index contributed by atoms with van der Waals surface area (Å²) < 4.78 is 16.3. The van der Waals surface area contributed by atoms with Crippen molar-refractivity contribution >= 4 is 18.3 Å². The number of carbonyl (C=O) groups excluding carboxylic acids is 3. The van der Waals surface area contributed by atoms with Gasteiger partial charge < -0.3 is 34.2 Å². The number of benzene rings is 2. The van der Waals surface area contributed by atoms with Crippen molar-refractivity contribution in [3.8, 4) is 0 Å². The van der Waals surface area contributed by atoms with E-state index in [1.54, 1.807) is 4.90 Å². The van der Waals surface area contributed by atoms with Gasteiger partial charge in [0.05, 0.1) is 0 Å². The fourth-order valence-corrected chi connectivity index (χ4v) is 7.56. The zero-order valence-corrected chi connectivity index (χ0v) is 33.7. The van der Waals surface area contributed by atoms with Crippen LogP contribution in [0.5, 0.6) is 0 Å². The van der Waals surface area contributed by atoms with Crippen LogP contribution in [-0.4, -0.2) is 140 Å². The van der Waals surface area contributed by atoms with Gasteiger partial charge >= 0.3 is 18.3 Å². The molecule has 0 radical (unpaired) electrons. The Labute approximate surface area is 329 Å². The van der Waals surface area contributed by atoms with Gasteiger partial charge in [0.2, 0.25) is 0 Å². The number of hydrogen-bond acceptors (Lipinski definition) is 9. The van der Waals surface area contributed by atoms with E-state index in [9.17, 15) is 14.4 Å². The van der Waals surface area contributed by atoms with E-state index in [1.165, 1.54) is 32.4 Å². The summed E-state index contributed by atoms with van der Waals surface area (Å²) in [6.07, 6.45) is 6.52. The van der Waals surface area contributed by atoms with Crippen molar-refractivity contribution in [2.75, 3.05) is 91.6 Å². The van der Waals surface area contributed by atoms with Crippen molar-refractivity contribution in [3.63, 3.8) is 0 Å². The second-order valence-electron chi connectivity index (χ2n) is 16.4. The number of nitrogens with zero attached hydrogens (tertiary/aromatic N) is 5. The lowest BCUT2D eigenvalue weighted by molar-refractivity contribution is 0.0173. The van der Waals surface area contributed by atoms with E-state index in [1.807, 2.05) is 91.2 Å². The SMILES string of the molecule is CC(C)(C)OC(=O)N1CCC(CCN2CCN(C(=O)OCc3ccccc3)CC2)CC1.O=C(OCc1ccccc1)N1CCN(CCC2CCNCC2)CC1. The number of amides is 3. The van der Waals surface area contributed by atoms with Crippen LogP contribution >= 0.6 is 0 Å². The summed E-state index contributed by atoms with van der Waals surface area (Å²) in [4.78, 5) is 47.0. The van der Waals surface area contributed by atoms with E-state index in [0.29, 0.717) is 32.2 Å². The number of likely N-dealkylation sites (tertiary alicyclic amines) is 1. The highest BCUT2D eigenvalue weighted by atomic mass is 16.6. The van der Waals surface area contributed by atoms with Gasteiger partial charge in [-0.05, 0) is 108 Å². The fourth-order valence-electron chi connectivity index (χ4n) is 7.56. The lowest BCUT2D eigenvalue weighted by Crippen LogP contribution is -2.49. The summed E-state index contributed by atoms with van der Waals surface area (Å²) in [6.45, 7) is 19.2. The lowest BCUT2D eigenvalue weighted by Gasteiger charge is -2.36. The first kappa shape index (κ1) is 42.3. The molecular formula is C43H66N6O6. The topological polar surface area (TPSA) is 107 Å². The molecule has 0 aromatic heterocycles. The number of piperazine rings is 2. The molecule has 55 heavy (non-hydrogen) atoms. The first-order chi connectivity index (χ1) is 26.6.